The Balaban J connectivity index is 0.00000200. The van der Waals surface area contributed by atoms with Crippen molar-refractivity contribution < 1.29 is 8.42 Å². The molecule has 1 aliphatic rings. The molecule has 114 valence electrons. The van der Waals surface area contributed by atoms with Gasteiger partial charge in [0.15, 0.2) is 0 Å². The lowest BCUT2D eigenvalue weighted by atomic mass is 10.2. The first kappa shape index (κ1) is 18.0. The van der Waals surface area contributed by atoms with Crippen LogP contribution in [-0.2, 0) is 10.0 Å². The van der Waals surface area contributed by atoms with E-state index in [1.165, 1.54) is 16.4 Å². The molecule has 0 aliphatic carbocycles. The van der Waals surface area contributed by atoms with E-state index < -0.39 is 10.0 Å². The molecule has 1 aliphatic heterocycles. The van der Waals surface area contributed by atoms with E-state index >= 15 is 0 Å². The highest BCUT2D eigenvalue weighted by Crippen LogP contribution is 2.30. The summed E-state index contributed by atoms with van der Waals surface area (Å²) in [7, 11) is -3.55. The monoisotopic (exact) mass is 358 g/mol. The van der Waals surface area contributed by atoms with Gasteiger partial charge in [-0.15, -0.1) is 12.4 Å². The zero-order valence-corrected chi connectivity index (χ0v) is 14.3. The fourth-order valence-electron chi connectivity index (χ4n) is 2.09. The van der Waals surface area contributed by atoms with Gasteiger partial charge >= 0.3 is 0 Å². The van der Waals surface area contributed by atoms with E-state index in [1.807, 2.05) is 6.92 Å². The Kier molecular flexibility index (Phi) is 6.14. The topological polar surface area (TPSA) is 49.4 Å². The SMILES string of the molecule is Cc1c(Cl)cc(S(=O)(=O)N2CCNCC2C)cc1Cl.Cl. The van der Waals surface area contributed by atoms with Crippen LogP contribution in [0.4, 0.5) is 0 Å². The Bertz CT molecular complexity index is 569. The standard InChI is InChI=1S/C12H16Cl2N2O2S.ClH/c1-8-7-15-3-4-16(8)19(17,18)10-5-11(13)9(2)12(14)6-10;/h5-6,8,15H,3-4,7H2,1-2H3;1H. The van der Waals surface area contributed by atoms with Crippen molar-refractivity contribution >= 4 is 45.6 Å². The maximum absolute atomic E-state index is 12.6. The molecular formula is C12H17Cl3N2O2S. The summed E-state index contributed by atoms with van der Waals surface area (Å²) < 4.78 is 26.7. The Labute approximate surface area is 135 Å². The van der Waals surface area contributed by atoms with Crippen LogP contribution in [0.5, 0.6) is 0 Å². The number of rotatable bonds is 2. The molecule has 1 aromatic carbocycles. The predicted octanol–water partition coefficient (Wildman–Crippen LogP) is 2.71. The molecule has 8 heteroatoms. The number of hydrogen-bond donors (Lipinski definition) is 1. The lowest BCUT2D eigenvalue weighted by Gasteiger charge is -2.33. The molecule has 0 saturated carbocycles. The number of nitrogens with one attached hydrogen (secondary N) is 1. The summed E-state index contributed by atoms with van der Waals surface area (Å²) in [5.74, 6) is 0. The molecule has 1 atom stereocenters. The van der Waals surface area contributed by atoms with E-state index in [1.54, 1.807) is 6.92 Å². The third kappa shape index (κ3) is 3.40. The lowest BCUT2D eigenvalue weighted by molar-refractivity contribution is 0.284. The normalized spacial score (nSPS) is 20.5. The van der Waals surface area contributed by atoms with Gasteiger partial charge in [-0.25, -0.2) is 8.42 Å². The maximum Gasteiger partial charge on any atom is 0.243 e. The van der Waals surface area contributed by atoms with Crippen LogP contribution in [0.3, 0.4) is 0 Å². The van der Waals surface area contributed by atoms with Gasteiger partial charge in [-0.2, -0.15) is 4.31 Å². The first-order valence-corrected chi connectivity index (χ1v) is 8.22. The van der Waals surface area contributed by atoms with Gasteiger partial charge in [-0.1, -0.05) is 23.2 Å². The van der Waals surface area contributed by atoms with Crippen LogP contribution in [0.15, 0.2) is 17.0 Å². The molecule has 20 heavy (non-hydrogen) atoms. The average Bonchev–Trinajstić information content (AvgIpc) is 2.35. The summed E-state index contributed by atoms with van der Waals surface area (Å²) in [6.45, 7) is 5.38. The molecule has 2 rings (SSSR count). The van der Waals surface area contributed by atoms with E-state index in [0.717, 1.165) is 0 Å². The molecule has 1 heterocycles. The molecule has 0 radical (unpaired) electrons. The van der Waals surface area contributed by atoms with Gasteiger partial charge in [0.05, 0.1) is 4.90 Å². The van der Waals surface area contributed by atoms with Crippen LogP contribution in [-0.4, -0.2) is 38.4 Å². The second kappa shape index (κ2) is 6.81. The Morgan fingerprint density at radius 2 is 1.85 bits per heavy atom. The molecule has 0 spiro atoms. The van der Waals surface area contributed by atoms with Crippen LogP contribution in [0.25, 0.3) is 0 Å². The van der Waals surface area contributed by atoms with Crippen molar-refractivity contribution in [3.8, 4) is 0 Å². The Morgan fingerprint density at radius 3 is 2.35 bits per heavy atom. The van der Waals surface area contributed by atoms with E-state index in [4.69, 9.17) is 23.2 Å². The van der Waals surface area contributed by atoms with E-state index in [-0.39, 0.29) is 23.3 Å². The van der Waals surface area contributed by atoms with Crippen LogP contribution in [0, 0.1) is 6.92 Å². The highest BCUT2D eigenvalue weighted by Gasteiger charge is 2.31. The fourth-order valence-corrected chi connectivity index (χ4v) is 4.39. The first-order valence-electron chi connectivity index (χ1n) is 6.02. The molecule has 1 aromatic rings. The highest BCUT2D eigenvalue weighted by molar-refractivity contribution is 7.89. The molecule has 0 aromatic heterocycles. The lowest BCUT2D eigenvalue weighted by Crippen LogP contribution is -2.52. The largest absolute Gasteiger partial charge is 0.314 e. The molecule has 0 amide bonds. The molecule has 4 nitrogen and oxygen atoms in total. The van der Waals surface area contributed by atoms with Crippen molar-refractivity contribution in [3.05, 3.63) is 27.7 Å². The van der Waals surface area contributed by atoms with Crippen LogP contribution < -0.4 is 5.32 Å². The minimum atomic E-state index is -3.55. The quantitative estimate of drug-likeness (QED) is 0.883. The minimum absolute atomic E-state index is 0. The van der Waals surface area contributed by atoms with Gasteiger partial charge in [0.25, 0.3) is 0 Å². The summed E-state index contributed by atoms with van der Waals surface area (Å²) in [6, 6.07) is 2.84. The number of nitrogens with zero attached hydrogens (tertiary/aromatic N) is 1. The van der Waals surface area contributed by atoms with E-state index in [2.05, 4.69) is 5.32 Å². The predicted molar refractivity (Wildman–Crippen MR) is 84.7 cm³/mol. The Morgan fingerprint density at radius 1 is 1.30 bits per heavy atom. The van der Waals surface area contributed by atoms with Crippen molar-refractivity contribution in [2.75, 3.05) is 19.6 Å². The van der Waals surface area contributed by atoms with Gasteiger partial charge in [0.2, 0.25) is 10.0 Å². The zero-order chi connectivity index (χ0) is 14.2. The van der Waals surface area contributed by atoms with E-state index in [9.17, 15) is 8.42 Å². The van der Waals surface area contributed by atoms with Gasteiger partial charge in [-0.05, 0) is 31.5 Å². The minimum Gasteiger partial charge on any atom is -0.314 e. The molecule has 1 saturated heterocycles. The second-order valence-electron chi connectivity index (χ2n) is 4.68. The Hall–Kier alpha value is -0.0400. The summed E-state index contributed by atoms with van der Waals surface area (Å²) >= 11 is 12.0. The summed E-state index contributed by atoms with van der Waals surface area (Å²) in [6.07, 6.45) is 0. The number of hydrogen-bond acceptors (Lipinski definition) is 3. The maximum atomic E-state index is 12.6. The van der Waals surface area contributed by atoms with Crippen molar-refractivity contribution in [3.63, 3.8) is 0 Å². The van der Waals surface area contributed by atoms with Gasteiger partial charge in [0.1, 0.15) is 0 Å². The highest BCUT2D eigenvalue weighted by atomic mass is 35.5. The van der Waals surface area contributed by atoms with Gasteiger partial charge in [0, 0.05) is 35.7 Å². The van der Waals surface area contributed by atoms with Crippen molar-refractivity contribution in [2.24, 2.45) is 0 Å². The smallest absolute Gasteiger partial charge is 0.243 e. The van der Waals surface area contributed by atoms with Crippen LogP contribution >= 0.6 is 35.6 Å². The molecule has 1 unspecified atom stereocenters. The summed E-state index contributed by atoms with van der Waals surface area (Å²) in [5.41, 5.74) is 0.690. The van der Waals surface area contributed by atoms with Crippen LogP contribution in [0.2, 0.25) is 10.0 Å². The van der Waals surface area contributed by atoms with Crippen molar-refractivity contribution in [2.45, 2.75) is 24.8 Å². The fraction of sp³-hybridized carbons (Fsp3) is 0.500. The average molecular weight is 360 g/mol. The number of benzene rings is 1. The van der Waals surface area contributed by atoms with Crippen LogP contribution in [0.1, 0.15) is 12.5 Å². The van der Waals surface area contributed by atoms with Crippen molar-refractivity contribution in [1.82, 2.24) is 9.62 Å². The molecule has 0 bridgehead atoms. The number of piperazine rings is 1. The third-order valence-electron chi connectivity index (χ3n) is 3.30. The molecule has 1 fully saturated rings. The second-order valence-corrected chi connectivity index (χ2v) is 7.39. The molecule has 1 N–H and O–H groups in total. The number of sulfonamides is 1. The third-order valence-corrected chi connectivity index (χ3v) is 6.08. The van der Waals surface area contributed by atoms with Gasteiger partial charge < -0.3 is 5.32 Å². The number of halogens is 3. The summed E-state index contributed by atoms with van der Waals surface area (Å²) in [4.78, 5) is 0.154. The zero-order valence-electron chi connectivity index (χ0n) is 11.2. The van der Waals surface area contributed by atoms with Crippen molar-refractivity contribution in [1.29, 1.82) is 0 Å². The van der Waals surface area contributed by atoms with E-state index in [0.29, 0.717) is 35.2 Å². The summed E-state index contributed by atoms with van der Waals surface area (Å²) in [5, 5.41) is 3.90. The van der Waals surface area contributed by atoms with Gasteiger partial charge in [-0.3, -0.25) is 0 Å². The first-order chi connectivity index (χ1) is 8.84. The molecular weight excluding hydrogens is 343 g/mol.